The highest BCUT2D eigenvalue weighted by Gasteiger charge is 2.51. The van der Waals surface area contributed by atoms with E-state index in [1.165, 1.54) is 10.8 Å². The van der Waals surface area contributed by atoms with Crippen LogP contribution in [0, 0.1) is 6.92 Å². The van der Waals surface area contributed by atoms with Gasteiger partial charge in [0, 0.05) is 11.8 Å². The quantitative estimate of drug-likeness (QED) is 0.623. The van der Waals surface area contributed by atoms with Gasteiger partial charge in [-0.05, 0) is 6.92 Å². The second kappa shape index (κ2) is 3.52. The zero-order valence-electron chi connectivity index (χ0n) is 9.12. The van der Waals surface area contributed by atoms with Crippen LogP contribution < -0.4 is 11.2 Å². The van der Waals surface area contributed by atoms with Crippen LogP contribution in [0.3, 0.4) is 0 Å². The van der Waals surface area contributed by atoms with Crippen molar-refractivity contribution in [3.05, 3.63) is 32.6 Å². The fourth-order valence-corrected chi connectivity index (χ4v) is 2.24. The Kier molecular flexibility index (Phi) is 2.22. The van der Waals surface area contributed by atoms with E-state index < -0.39 is 35.8 Å². The summed E-state index contributed by atoms with van der Waals surface area (Å²) in [6, 6.07) is 0. The first-order valence-corrected chi connectivity index (χ1v) is 5.35. The molecule has 7 nitrogen and oxygen atoms in total. The van der Waals surface area contributed by atoms with E-state index in [0.717, 1.165) is 0 Å². The molecular weight excluding hydrogens is 228 g/mol. The summed E-state index contributed by atoms with van der Waals surface area (Å²) < 4.78 is 12.1. The van der Waals surface area contributed by atoms with E-state index in [1.54, 1.807) is 6.92 Å². The Labute approximate surface area is 95.6 Å². The van der Waals surface area contributed by atoms with E-state index in [2.05, 4.69) is 4.98 Å². The van der Waals surface area contributed by atoms with Crippen molar-refractivity contribution in [2.75, 3.05) is 6.61 Å². The lowest BCUT2D eigenvalue weighted by Crippen LogP contribution is -2.39. The number of aromatic amines is 1. The summed E-state index contributed by atoms with van der Waals surface area (Å²) in [5.41, 5.74) is -0.574. The molecule has 0 unspecified atom stereocenters. The number of nitrogens with one attached hydrogen (secondary N) is 1. The highest BCUT2D eigenvalue weighted by atomic mass is 16.6. The molecule has 3 heterocycles. The van der Waals surface area contributed by atoms with Crippen molar-refractivity contribution in [2.45, 2.75) is 31.5 Å². The van der Waals surface area contributed by atoms with E-state index in [0.29, 0.717) is 12.2 Å². The van der Waals surface area contributed by atoms with Crippen LogP contribution in [-0.2, 0) is 9.47 Å². The summed E-state index contributed by atoms with van der Waals surface area (Å²) in [6.07, 6.45) is -0.930. The molecule has 7 heteroatoms. The Morgan fingerprint density at radius 3 is 2.88 bits per heavy atom. The first-order chi connectivity index (χ1) is 8.08. The van der Waals surface area contributed by atoms with E-state index in [1.807, 2.05) is 0 Å². The summed E-state index contributed by atoms with van der Waals surface area (Å²) in [5, 5.41) is 9.74. The van der Waals surface area contributed by atoms with Crippen molar-refractivity contribution < 1.29 is 14.6 Å². The van der Waals surface area contributed by atoms with Gasteiger partial charge < -0.3 is 14.6 Å². The van der Waals surface area contributed by atoms with Gasteiger partial charge in [-0.15, -0.1) is 0 Å². The Hall–Kier alpha value is -1.44. The first-order valence-electron chi connectivity index (χ1n) is 5.35. The largest absolute Gasteiger partial charge is 0.387 e. The lowest BCUT2D eigenvalue weighted by molar-refractivity contribution is -0.128. The van der Waals surface area contributed by atoms with Gasteiger partial charge in [-0.1, -0.05) is 0 Å². The highest BCUT2D eigenvalue weighted by molar-refractivity contribution is 5.04. The number of ether oxygens (including phenoxy) is 2. The molecule has 0 amide bonds. The maximum Gasteiger partial charge on any atom is 0.330 e. The molecule has 1 aromatic rings. The van der Waals surface area contributed by atoms with Crippen molar-refractivity contribution in [3.8, 4) is 0 Å². The second-order valence-electron chi connectivity index (χ2n) is 4.33. The predicted molar refractivity (Wildman–Crippen MR) is 55.7 cm³/mol. The molecule has 0 saturated carbocycles. The fourth-order valence-electron chi connectivity index (χ4n) is 2.24. The van der Waals surface area contributed by atoms with Crippen LogP contribution in [0.5, 0.6) is 0 Å². The van der Waals surface area contributed by atoms with Crippen LogP contribution in [-0.4, -0.2) is 39.6 Å². The van der Waals surface area contributed by atoms with Gasteiger partial charge in [-0.3, -0.25) is 14.3 Å². The minimum absolute atomic E-state index is 0.333. The highest BCUT2D eigenvalue weighted by Crippen LogP contribution is 2.36. The maximum absolute atomic E-state index is 11.7. The van der Waals surface area contributed by atoms with Crippen LogP contribution >= 0.6 is 0 Å². The van der Waals surface area contributed by atoms with Crippen LogP contribution in [0.1, 0.15) is 11.8 Å². The van der Waals surface area contributed by atoms with Crippen LogP contribution in [0.4, 0.5) is 0 Å². The van der Waals surface area contributed by atoms with Gasteiger partial charge in [0.05, 0.1) is 6.61 Å². The average molecular weight is 240 g/mol. The number of aryl methyl sites for hydroxylation is 1. The summed E-state index contributed by atoms with van der Waals surface area (Å²) in [7, 11) is 0. The lowest BCUT2D eigenvalue weighted by Gasteiger charge is -2.23. The van der Waals surface area contributed by atoms with Gasteiger partial charge in [0.2, 0.25) is 0 Å². The molecule has 2 aliphatic heterocycles. The lowest BCUT2D eigenvalue weighted by atomic mass is 10.2. The zero-order valence-corrected chi connectivity index (χ0v) is 9.12. The van der Waals surface area contributed by atoms with Gasteiger partial charge in [0.15, 0.2) is 6.23 Å². The van der Waals surface area contributed by atoms with Crippen molar-refractivity contribution in [3.63, 3.8) is 0 Å². The summed E-state index contributed by atoms with van der Waals surface area (Å²) in [5.74, 6) is 0. The number of aliphatic hydroxyl groups is 1. The van der Waals surface area contributed by atoms with Crippen LogP contribution in [0.2, 0.25) is 0 Å². The third-order valence-corrected chi connectivity index (χ3v) is 3.19. The topological polar surface area (TPSA) is 93.6 Å². The number of hydrogen-bond acceptors (Lipinski definition) is 5. The number of aromatic nitrogens is 2. The van der Waals surface area contributed by atoms with Gasteiger partial charge in [-0.25, -0.2) is 4.79 Å². The van der Waals surface area contributed by atoms with E-state index in [4.69, 9.17) is 9.47 Å². The molecule has 0 aliphatic carbocycles. The number of H-pyrrole nitrogens is 1. The minimum Gasteiger partial charge on any atom is -0.387 e. The molecule has 0 aromatic carbocycles. The SMILES string of the molecule is Cc1cn([C@H]2O[C@H]3CO[C@H]2[C@@H]3O)c(=O)[nH]c1=O. The molecule has 2 fully saturated rings. The van der Waals surface area contributed by atoms with Crippen molar-refractivity contribution in [1.82, 2.24) is 9.55 Å². The van der Waals surface area contributed by atoms with Gasteiger partial charge in [0.1, 0.15) is 18.3 Å². The molecule has 2 N–H and O–H groups in total. The Morgan fingerprint density at radius 1 is 1.53 bits per heavy atom. The Morgan fingerprint density at radius 2 is 2.29 bits per heavy atom. The Balaban J connectivity index is 2.04. The van der Waals surface area contributed by atoms with Crippen LogP contribution in [0.15, 0.2) is 15.8 Å². The molecule has 4 atom stereocenters. The van der Waals surface area contributed by atoms with Gasteiger partial charge in [0.25, 0.3) is 5.56 Å². The monoisotopic (exact) mass is 240 g/mol. The molecule has 0 spiro atoms. The normalized spacial score (nSPS) is 35.4. The third-order valence-electron chi connectivity index (χ3n) is 3.19. The predicted octanol–water partition coefficient (Wildman–Crippen LogP) is -1.50. The maximum atomic E-state index is 11.7. The summed E-state index contributed by atoms with van der Waals surface area (Å²) in [4.78, 5) is 25.1. The number of aliphatic hydroxyl groups excluding tert-OH is 1. The van der Waals surface area contributed by atoms with Crippen molar-refractivity contribution >= 4 is 0 Å². The molecule has 92 valence electrons. The molecule has 2 saturated heterocycles. The average Bonchev–Trinajstić information content (AvgIpc) is 2.79. The van der Waals surface area contributed by atoms with E-state index >= 15 is 0 Å². The summed E-state index contributed by atoms with van der Waals surface area (Å²) in [6.45, 7) is 1.93. The summed E-state index contributed by atoms with van der Waals surface area (Å²) >= 11 is 0. The molecule has 2 aliphatic rings. The molecule has 2 bridgehead atoms. The fraction of sp³-hybridized carbons (Fsp3) is 0.600. The molecule has 0 radical (unpaired) electrons. The number of fused-ring (bicyclic) bond motifs is 2. The van der Waals surface area contributed by atoms with Crippen molar-refractivity contribution in [2.24, 2.45) is 0 Å². The van der Waals surface area contributed by atoms with Gasteiger partial charge >= 0.3 is 5.69 Å². The zero-order chi connectivity index (χ0) is 12.2. The number of nitrogens with zero attached hydrogens (tertiary/aromatic N) is 1. The molecule has 1 aromatic heterocycles. The number of rotatable bonds is 1. The minimum atomic E-state index is -0.723. The van der Waals surface area contributed by atoms with E-state index in [9.17, 15) is 14.7 Å². The number of hydrogen-bond donors (Lipinski definition) is 2. The van der Waals surface area contributed by atoms with E-state index in [-0.39, 0.29) is 0 Å². The third kappa shape index (κ3) is 1.47. The molecule has 3 rings (SSSR count). The standard InChI is InChI=1S/C10H12N2O5/c1-4-2-12(10(15)11-8(4)14)9-7-6(13)5(17-9)3-16-7/h2,5-7,9,13H,3H2,1H3,(H,11,14,15)/t5-,6+,7-,9-/m0/s1. The smallest absolute Gasteiger partial charge is 0.330 e. The molecular formula is C10H12N2O5. The van der Waals surface area contributed by atoms with Crippen LogP contribution in [0.25, 0.3) is 0 Å². The molecule has 17 heavy (non-hydrogen) atoms. The first kappa shape index (κ1) is 10.7. The Bertz CT molecular complexity index is 563. The van der Waals surface area contributed by atoms with Gasteiger partial charge in [-0.2, -0.15) is 0 Å². The van der Waals surface area contributed by atoms with Crippen molar-refractivity contribution in [1.29, 1.82) is 0 Å². The second-order valence-corrected chi connectivity index (χ2v) is 4.33.